The average Bonchev–Trinajstić information content (AvgIpc) is 3.24. The van der Waals surface area contributed by atoms with Crippen LogP contribution in [-0.4, -0.2) is 23.3 Å². The maximum Gasteiger partial charge on any atom is 0.516 e. The van der Waals surface area contributed by atoms with Gasteiger partial charge in [0.2, 0.25) is 5.76 Å². The highest BCUT2D eigenvalue weighted by molar-refractivity contribution is 5.98. The molecule has 0 spiro atoms. The Kier molecular flexibility index (Phi) is 4.65. The van der Waals surface area contributed by atoms with Crippen LogP contribution in [0.4, 0.5) is 9.18 Å². The molecule has 0 saturated carbocycles. The lowest BCUT2D eigenvalue weighted by Gasteiger charge is -2.07. The quantitative estimate of drug-likeness (QED) is 0.525. The van der Waals surface area contributed by atoms with Crippen molar-refractivity contribution in [2.75, 3.05) is 6.61 Å². The highest BCUT2D eigenvalue weighted by Crippen LogP contribution is 2.32. The zero-order chi connectivity index (χ0) is 17.8. The van der Waals surface area contributed by atoms with Crippen molar-refractivity contribution < 1.29 is 27.9 Å². The molecule has 0 aliphatic carbocycles. The van der Waals surface area contributed by atoms with Crippen molar-refractivity contribution in [3.05, 3.63) is 66.6 Å². The lowest BCUT2D eigenvalue weighted by molar-refractivity contribution is 0.0373. The molecule has 0 aliphatic heterocycles. The Morgan fingerprint density at radius 3 is 2.48 bits per heavy atom. The Hall–Kier alpha value is -3.35. The summed E-state index contributed by atoms with van der Waals surface area (Å²) in [6.07, 6.45) is 3.66. The number of hydrogen-bond donors (Lipinski definition) is 0. The highest BCUT2D eigenvalue weighted by Gasteiger charge is 2.26. The Balaban J connectivity index is 2.03. The van der Waals surface area contributed by atoms with Gasteiger partial charge >= 0.3 is 12.1 Å². The second kappa shape index (κ2) is 7.04. The first-order chi connectivity index (χ1) is 12.1. The molecule has 0 N–H and O–H groups in total. The van der Waals surface area contributed by atoms with Crippen LogP contribution >= 0.6 is 0 Å². The lowest BCUT2D eigenvalue weighted by atomic mass is 10.1. The number of hydrogen-bond acceptors (Lipinski definition) is 5. The van der Waals surface area contributed by atoms with Gasteiger partial charge in [0.05, 0.1) is 6.61 Å². The van der Waals surface area contributed by atoms with Crippen molar-refractivity contribution in [2.45, 2.75) is 6.92 Å². The van der Waals surface area contributed by atoms with Gasteiger partial charge in [-0.1, -0.05) is 12.1 Å². The number of rotatable bonds is 4. The summed E-state index contributed by atoms with van der Waals surface area (Å²) in [4.78, 5) is 23.6. The third-order valence-corrected chi connectivity index (χ3v) is 3.41. The third kappa shape index (κ3) is 3.45. The molecule has 0 amide bonds. The Morgan fingerprint density at radius 1 is 1.16 bits per heavy atom. The fourth-order valence-corrected chi connectivity index (χ4v) is 2.34. The van der Waals surface area contributed by atoms with Crippen LogP contribution in [0.2, 0.25) is 0 Å². The molecule has 3 aromatic rings. The number of ether oxygens (including phenoxy) is 2. The van der Waals surface area contributed by atoms with Crippen molar-refractivity contribution in [1.29, 1.82) is 0 Å². The van der Waals surface area contributed by atoms with Crippen molar-refractivity contribution in [3.63, 3.8) is 0 Å². The third-order valence-electron chi connectivity index (χ3n) is 3.41. The summed E-state index contributed by atoms with van der Waals surface area (Å²) >= 11 is 0. The van der Waals surface area contributed by atoms with E-state index in [0.717, 1.165) is 0 Å². The van der Waals surface area contributed by atoms with Gasteiger partial charge in [0.1, 0.15) is 17.8 Å². The van der Waals surface area contributed by atoms with Gasteiger partial charge in [-0.3, -0.25) is 0 Å². The molecule has 2 heterocycles. The summed E-state index contributed by atoms with van der Waals surface area (Å²) in [5.41, 5.74) is 1.57. The number of esters is 1. The summed E-state index contributed by atoms with van der Waals surface area (Å²) in [6, 6.07) is 9.27. The van der Waals surface area contributed by atoms with Gasteiger partial charge in [-0.15, -0.1) is 0 Å². The molecule has 7 heteroatoms. The predicted molar refractivity (Wildman–Crippen MR) is 85.9 cm³/mol. The molecule has 6 nitrogen and oxygen atoms in total. The van der Waals surface area contributed by atoms with E-state index in [0.29, 0.717) is 16.8 Å². The standard InChI is InChI=1S/C18H14FNO5/c1-2-23-18(22)25-17(21)16-15(20-9-3-4-10-20)14(11-24-16)12-5-7-13(19)8-6-12/h3-11H,2H2,1H3. The molecule has 0 aliphatic rings. The van der Waals surface area contributed by atoms with Gasteiger partial charge in [-0.25, -0.2) is 14.0 Å². The Morgan fingerprint density at radius 2 is 1.84 bits per heavy atom. The molecule has 2 aromatic heterocycles. The molecular formula is C18H14FNO5. The molecule has 0 unspecified atom stereocenters. The fraction of sp³-hybridized carbons (Fsp3) is 0.111. The summed E-state index contributed by atoms with van der Waals surface area (Å²) in [7, 11) is 0. The molecule has 0 radical (unpaired) electrons. The first-order valence-electron chi connectivity index (χ1n) is 7.50. The molecule has 0 bridgehead atoms. The number of benzene rings is 1. The van der Waals surface area contributed by atoms with E-state index in [1.54, 1.807) is 48.1 Å². The van der Waals surface area contributed by atoms with Crippen LogP contribution in [0, 0.1) is 5.82 Å². The van der Waals surface area contributed by atoms with E-state index in [1.807, 2.05) is 0 Å². The molecular weight excluding hydrogens is 329 g/mol. The summed E-state index contributed by atoms with van der Waals surface area (Å²) in [6.45, 7) is 1.67. The van der Waals surface area contributed by atoms with Gasteiger partial charge < -0.3 is 18.5 Å². The molecule has 0 saturated heterocycles. The number of aromatic nitrogens is 1. The van der Waals surface area contributed by atoms with Crippen molar-refractivity contribution in [2.24, 2.45) is 0 Å². The lowest BCUT2D eigenvalue weighted by Crippen LogP contribution is -2.15. The van der Waals surface area contributed by atoms with E-state index in [-0.39, 0.29) is 18.2 Å². The second-order valence-electron chi connectivity index (χ2n) is 5.00. The van der Waals surface area contributed by atoms with Gasteiger partial charge in [0, 0.05) is 18.0 Å². The van der Waals surface area contributed by atoms with E-state index in [2.05, 4.69) is 9.47 Å². The Bertz CT molecular complexity index is 881. The van der Waals surface area contributed by atoms with Crippen LogP contribution in [0.25, 0.3) is 16.8 Å². The van der Waals surface area contributed by atoms with E-state index in [1.165, 1.54) is 18.4 Å². The molecule has 0 fully saturated rings. The summed E-state index contributed by atoms with van der Waals surface area (Å²) in [5.74, 6) is -1.52. The smallest absolute Gasteiger partial charge is 0.455 e. The van der Waals surface area contributed by atoms with E-state index in [9.17, 15) is 14.0 Å². The zero-order valence-electron chi connectivity index (χ0n) is 13.3. The van der Waals surface area contributed by atoms with Crippen LogP contribution in [0.15, 0.2) is 59.5 Å². The second-order valence-corrected chi connectivity index (χ2v) is 5.00. The zero-order valence-corrected chi connectivity index (χ0v) is 13.3. The maximum absolute atomic E-state index is 13.2. The van der Waals surface area contributed by atoms with Crippen LogP contribution in [0.1, 0.15) is 17.5 Å². The van der Waals surface area contributed by atoms with Crippen LogP contribution < -0.4 is 0 Å². The topological polar surface area (TPSA) is 70.7 Å². The van der Waals surface area contributed by atoms with E-state index >= 15 is 0 Å². The SMILES string of the molecule is CCOC(=O)OC(=O)c1occ(-c2ccc(F)cc2)c1-n1cccc1. The first kappa shape index (κ1) is 16.5. The minimum absolute atomic E-state index is 0.0789. The van der Waals surface area contributed by atoms with Gasteiger partial charge in [0.25, 0.3) is 0 Å². The molecule has 0 atom stereocenters. The number of furan rings is 1. The number of carbonyl (C=O) groups is 2. The maximum atomic E-state index is 13.2. The van der Waals surface area contributed by atoms with Crippen LogP contribution in [0.3, 0.4) is 0 Å². The van der Waals surface area contributed by atoms with Crippen molar-refractivity contribution in [3.8, 4) is 16.8 Å². The van der Waals surface area contributed by atoms with Crippen LogP contribution in [0.5, 0.6) is 0 Å². The Labute approximate surface area is 142 Å². The molecule has 25 heavy (non-hydrogen) atoms. The van der Waals surface area contributed by atoms with E-state index < -0.39 is 12.1 Å². The average molecular weight is 343 g/mol. The van der Waals surface area contributed by atoms with Crippen molar-refractivity contribution in [1.82, 2.24) is 4.57 Å². The minimum atomic E-state index is -1.11. The van der Waals surface area contributed by atoms with Gasteiger partial charge in [-0.05, 0) is 36.8 Å². The number of nitrogens with zero attached hydrogens (tertiary/aromatic N) is 1. The molecule has 128 valence electrons. The predicted octanol–water partition coefficient (Wildman–Crippen LogP) is 4.19. The van der Waals surface area contributed by atoms with E-state index in [4.69, 9.17) is 4.42 Å². The summed E-state index contributed by atoms with van der Waals surface area (Å²) in [5, 5.41) is 0. The first-order valence-corrected chi connectivity index (χ1v) is 7.50. The largest absolute Gasteiger partial charge is 0.516 e. The van der Waals surface area contributed by atoms with Gasteiger partial charge in [-0.2, -0.15) is 0 Å². The monoisotopic (exact) mass is 343 g/mol. The highest BCUT2D eigenvalue weighted by atomic mass is 19.1. The number of halogens is 1. The minimum Gasteiger partial charge on any atom is -0.455 e. The van der Waals surface area contributed by atoms with Crippen molar-refractivity contribution >= 4 is 12.1 Å². The van der Waals surface area contributed by atoms with Crippen LogP contribution in [-0.2, 0) is 9.47 Å². The molecule has 3 rings (SSSR count). The normalized spacial score (nSPS) is 10.5. The summed E-state index contributed by atoms with van der Waals surface area (Å²) < 4.78 is 29.4. The fourth-order valence-electron chi connectivity index (χ4n) is 2.34. The molecule has 1 aromatic carbocycles. The van der Waals surface area contributed by atoms with Gasteiger partial charge in [0.15, 0.2) is 0 Å². The number of carbonyl (C=O) groups excluding carboxylic acids is 2.